The van der Waals surface area contributed by atoms with Gasteiger partial charge in [0.2, 0.25) is 5.91 Å². The smallest absolute Gasteiger partial charge is 0.341 e. The van der Waals surface area contributed by atoms with Gasteiger partial charge in [0.15, 0.2) is 17.1 Å². The molecule has 0 aliphatic heterocycles. The maximum atomic E-state index is 13.0. The molecule has 0 fully saturated rings. The summed E-state index contributed by atoms with van der Waals surface area (Å²) in [5.74, 6) is 0.992. The minimum absolute atomic E-state index is 0.0323. The Morgan fingerprint density at radius 1 is 1.20 bits per heavy atom. The summed E-state index contributed by atoms with van der Waals surface area (Å²) in [5, 5.41) is 14.7. The Bertz CT molecular complexity index is 1550. The number of nitrogens with zero attached hydrogens (tertiary/aromatic N) is 3. The van der Waals surface area contributed by atoms with Gasteiger partial charge in [-0.05, 0) is 49.2 Å². The maximum absolute atomic E-state index is 13.0. The number of amides is 1. The van der Waals surface area contributed by atoms with Crippen molar-refractivity contribution in [3.05, 3.63) is 82.5 Å². The highest BCUT2D eigenvalue weighted by Crippen LogP contribution is 2.37. The van der Waals surface area contributed by atoms with E-state index in [1.165, 1.54) is 30.2 Å². The number of ether oxygens (including phenoxy) is 3. The zero-order chi connectivity index (χ0) is 29.5. The fourth-order valence-electron chi connectivity index (χ4n) is 3.98. The number of carbonyl (C=O) groups is 2. The van der Waals surface area contributed by atoms with E-state index < -0.39 is 12.1 Å². The molecule has 4 aromatic rings. The van der Waals surface area contributed by atoms with Crippen LogP contribution in [-0.2, 0) is 16.1 Å². The first-order valence-electron chi connectivity index (χ1n) is 12.5. The molecule has 0 saturated carbocycles. The molecule has 2 heterocycles. The van der Waals surface area contributed by atoms with Gasteiger partial charge in [0, 0.05) is 17.5 Å². The van der Waals surface area contributed by atoms with Crippen LogP contribution in [0.2, 0.25) is 5.02 Å². The van der Waals surface area contributed by atoms with Gasteiger partial charge in [0.05, 0.1) is 25.0 Å². The number of hydrogen-bond acceptors (Lipinski definition) is 9. The number of thioether (sulfide) groups is 1. The molecular formula is C29H29ClN4O5S2. The number of hydrogen-bond donors (Lipinski definition) is 1. The zero-order valence-corrected chi connectivity index (χ0v) is 25.4. The number of nitrogens with one attached hydrogen (secondary N) is 1. The van der Waals surface area contributed by atoms with Crippen LogP contribution in [-0.4, -0.2) is 46.6 Å². The minimum atomic E-state index is -0.543. The second-order valence-corrected chi connectivity index (χ2v) is 11.1. The lowest BCUT2D eigenvalue weighted by molar-refractivity contribution is -0.113. The van der Waals surface area contributed by atoms with E-state index >= 15 is 0 Å². The van der Waals surface area contributed by atoms with Crippen LogP contribution in [0.1, 0.15) is 34.8 Å². The summed E-state index contributed by atoms with van der Waals surface area (Å²) >= 11 is 8.77. The molecule has 0 aliphatic rings. The van der Waals surface area contributed by atoms with Crippen molar-refractivity contribution in [3.8, 4) is 22.6 Å². The second-order valence-electron chi connectivity index (χ2n) is 8.84. The summed E-state index contributed by atoms with van der Waals surface area (Å²) in [7, 11) is 2.89. The molecule has 0 radical (unpaired) electrons. The standard InChI is InChI=1S/C29H29ClN4O5S2/c1-6-13-34-26(18(3)39-23-14-17(2)7-12-22(23)30)32-33-29(34)41-16-24(35)31-27-25(28(36)38-5)21(15-40-27)19-8-10-20(37-4)11-9-19/h6-12,14-15,18H,1,13,16H2,2-5H3,(H,31,35). The number of thiophene rings is 1. The Labute approximate surface area is 251 Å². The molecule has 0 bridgehead atoms. The second kappa shape index (κ2) is 13.7. The number of halogens is 1. The fraction of sp³-hybridized carbons (Fsp3) is 0.241. The summed E-state index contributed by atoms with van der Waals surface area (Å²) in [5.41, 5.74) is 2.76. The SMILES string of the molecule is C=CCn1c(SCC(=O)Nc2scc(-c3ccc(OC)cc3)c2C(=O)OC)nnc1C(C)Oc1cc(C)ccc1Cl. The number of aromatic nitrogens is 3. The van der Waals surface area contributed by atoms with Crippen LogP contribution in [0.25, 0.3) is 11.1 Å². The van der Waals surface area contributed by atoms with Gasteiger partial charge < -0.3 is 19.5 Å². The molecule has 9 nitrogen and oxygen atoms in total. The van der Waals surface area contributed by atoms with Crippen LogP contribution in [0.4, 0.5) is 5.00 Å². The molecular weight excluding hydrogens is 584 g/mol. The Morgan fingerprint density at radius 2 is 1.95 bits per heavy atom. The molecule has 41 heavy (non-hydrogen) atoms. The Balaban J connectivity index is 1.48. The minimum Gasteiger partial charge on any atom is -0.497 e. The Morgan fingerprint density at radius 3 is 2.63 bits per heavy atom. The number of anilines is 1. The van der Waals surface area contributed by atoms with Gasteiger partial charge in [-0.15, -0.1) is 28.1 Å². The van der Waals surface area contributed by atoms with Crippen molar-refractivity contribution < 1.29 is 23.8 Å². The van der Waals surface area contributed by atoms with Crippen LogP contribution >= 0.6 is 34.7 Å². The average Bonchev–Trinajstić information content (AvgIpc) is 3.57. The van der Waals surface area contributed by atoms with E-state index in [1.807, 2.05) is 48.1 Å². The molecule has 0 saturated heterocycles. The van der Waals surface area contributed by atoms with Gasteiger partial charge >= 0.3 is 5.97 Å². The van der Waals surface area contributed by atoms with Crippen molar-refractivity contribution in [2.75, 3.05) is 25.3 Å². The summed E-state index contributed by atoms with van der Waals surface area (Å²) in [6.45, 7) is 8.07. The van der Waals surface area contributed by atoms with Crippen LogP contribution in [0, 0.1) is 6.92 Å². The Kier molecular flexibility index (Phi) is 10.1. The van der Waals surface area contributed by atoms with E-state index in [-0.39, 0.29) is 11.7 Å². The highest BCUT2D eigenvalue weighted by atomic mass is 35.5. The molecule has 1 N–H and O–H groups in total. The number of aryl methyl sites for hydroxylation is 1. The lowest BCUT2D eigenvalue weighted by Gasteiger charge is -2.17. The van der Waals surface area contributed by atoms with Crippen molar-refractivity contribution >= 4 is 51.6 Å². The van der Waals surface area contributed by atoms with E-state index in [0.29, 0.717) is 50.2 Å². The number of allylic oxidation sites excluding steroid dienone is 1. The van der Waals surface area contributed by atoms with Gasteiger partial charge in [0.1, 0.15) is 22.1 Å². The number of methoxy groups -OCH3 is 2. The highest BCUT2D eigenvalue weighted by molar-refractivity contribution is 7.99. The summed E-state index contributed by atoms with van der Waals surface area (Å²) in [6.07, 6.45) is 1.26. The third kappa shape index (κ3) is 7.10. The maximum Gasteiger partial charge on any atom is 0.341 e. The number of rotatable bonds is 12. The molecule has 0 spiro atoms. The van der Waals surface area contributed by atoms with Crippen LogP contribution in [0.5, 0.6) is 11.5 Å². The largest absolute Gasteiger partial charge is 0.497 e. The van der Waals surface area contributed by atoms with E-state index in [2.05, 4.69) is 22.1 Å². The van der Waals surface area contributed by atoms with Gasteiger partial charge in [-0.2, -0.15) is 0 Å². The monoisotopic (exact) mass is 612 g/mol. The van der Waals surface area contributed by atoms with Gasteiger partial charge in [0.25, 0.3) is 0 Å². The van der Waals surface area contributed by atoms with E-state index in [0.717, 1.165) is 11.1 Å². The third-order valence-electron chi connectivity index (χ3n) is 5.98. The van der Waals surface area contributed by atoms with Crippen LogP contribution in [0.15, 0.2) is 65.7 Å². The molecule has 0 aliphatic carbocycles. The van der Waals surface area contributed by atoms with Crippen molar-refractivity contribution in [2.45, 2.75) is 31.7 Å². The van der Waals surface area contributed by atoms with Crippen molar-refractivity contribution in [2.24, 2.45) is 0 Å². The predicted molar refractivity (Wildman–Crippen MR) is 162 cm³/mol. The van der Waals surface area contributed by atoms with Crippen LogP contribution < -0.4 is 14.8 Å². The number of carbonyl (C=O) groups excluding carboxylic acids is 2. The van der Waals surface area contributed by atoms with Gasteiger partial charge in [-0.25, -0.2) is 4.79 Å². The molecule has 214 valence electrons. The fourth-order valence-corrected chi connectivity index (χ4v) is 5.87. The normalized spacial score (nSPS) is 11.5. The van der Waals surface area contributed by atoms with E-state index in [9.17, 15) is 9.59 Å². The molecule has 1 atom stereocenters. The van der Waals surface area contributed by atoms with Crippen molar-refractivity contribution in [1.82, 2.24) is 14.8 Å². The first kappa shape index (κ1) is 30.2. The van der Waals surface area contributed by atoms with Crippen LogP contribution in [0.3, 0.4) is 0 Å². The lowest BCUT2D eigenvalue weighted by Crippen LogP contribution is -2.17. The zero-order valence-electron chi connectivity index (χ0n) is 23.0. The van der Waals surface area contributed by atoms with E-state index in [1.54, 1.807) is 31.4 Å². The number of benzene rings is 2. The van der Waals surface area contributed by atoms with Crippen molar-refractivity contribution in [1.29, 1.82) is 0 Å². The summed E-state index contributed by atoms with van der Waals surface area (Å²) in [4.78, 5) is 25.7. The summed E-state index contributed by atoms with van der Waals surface area (Å²) < 4.78 is 18.2. The topological polar surface area (TPSA) is 105 Å². The van der Waals surface area contributed by atoms with Gasteiger partial charge in [-0.3, -0.25) is 9.36 Å². The lowest BCUT2D eigenvalue weighted by atomic mass is 10.0. The Hall–Kier alpha value is -3.80. The highest BCUT2D eigenvalue weighted by Gasteiger charge is 2.24. The van der Waals surface area contributed by atoms with Crippen molar-refractivity contribution in [3.63, 3.8) is 0 Å². The molecule has 2 aromatic heterocycles. The third-order valence-corrected chi connectivity index (χ3v) is 8.15. The van der Waals surface area contributed by atoms with Gasteiger partial charge in [-0.1, -0.05) is 47.6 Å². The van der Waals surface area contributed by atoms with E-state index in [4.69, 9.17) is 25.8 Å². The molecule has 1 unspecified atom stereocenters. The number of esters is 1. The predicted octanol–water partition coefficient (Wildman–Crippen LogP) is 6.82. The average molecular weight is 613 g/mol. The quantitative estimate of drug-likeness (QED) is 0.106. The molecule has 4 rings (SSSR count). The first-order chi connectivity index (χ1) is 19.7. The molecule has 1 amide bonds. The summed E-state index contributed by atoms with van der Waals surface area (Å²) in [6, 6.07) is 12.8. The molecule has 12 heteroatoms. The molecule has 2 aromatic carbocycles. The first-order valence-corrected chi connectivity index (χ1v) is 14.7.